The molecule has 8 nitrogen and oxygen atoms in total. The van der Waals surface area contributed by atoms with Crippen LogP contribution in [0.1, 0.15) is 58.2 Å². The van der Waals surface area contributed by atoms with Gasteiger partial charge in [0.15, 0.2) is 5.82 Å². The predicted octanol–water partition coefficient (Wildman–Crippen LogP) is 3.62. The highest BCUT2D eigenvalue weighted by atomic mass is 19.1. The predicted molar refractivity (Wildman–Crippen MR) is 106 cm³/mol. The Morgan fingerprint density at radius 3 is 2.70 bits per heavy atom. The molecule has 10 heteroatoms. The largest absolute Gasteiger partial charge is 0.444 e. The highest BCUT2D eigenvalue weighted by Crippen LogP contribution is 2.27. The number of hydrogen-bond donors (Lipinski definition) is 1. The van der Waals surface area contributed by atoms with E-state index in [4.69, 9.17) is 4.74 Å². The molecule has 0 spiro atoms. The second kappa shape index (κ2) is 8.05. The molecule has 1 amide bonds. The molecule has 1 aliphatic heterocycles. The number of carbonyl (C=O) groups is 1. The van der Waals surface area contributed by atoms with Crippen LogP contribution in [0.4, 0.5) is 19.5 Å². The number of alkyl halides is 1. The lowest BCUT2D eigenvalue weighted by atomic mass is 10.0. The van der Waals surface area contributed by atoms with Gasteiger partial charge in [-0.25, -0.2) is 23.1 Å². The number of nitrogens with one attached hydrogen (secondary N) is 1. The summed E-state index contributed by atoms with van der Waals surface area (Å²) >= 11 is 0. The molecule has 3 rings (SSSR count). The summed E-state index contributed by atoms with van der Waals surface area (Å²) in [7, 11) is 0. The normalized spacial score (nSPS) is 19.8. The van der Waals surface area contributed by atoms with Gasteiger partial charge in [0, 0.05) is 6.54 Å². The molecule has 162 valence electrons. The van der Waals surface area contributed by atoms with Gasteiger partial charge in [0.25, 0.3) is 0 Å². The van der Waals surface area contributed by atoms with Crippen LogP contribution in [0.25, 0.3) is 5.52 Å². The molecule has 2 aromatic heterocycles. The van der Waals surface area contributed by atoms with Crippen molar-refractivity contribution in [3.8, 4) is 6.07 Å². The standard InChI is InChI=1S/C20H26F2N6O2/c1-11(2)17-12(8-23)16(22)15-9-24-18(26-28(15)17)25-14-6-7-27(10-13(14)21)19(29)30-20(3,4)5/h9,11,13-14H,6-7,10H2,1-5H3,(H,25,26)/t13-,14-/m1/s1. The zero-order chi connectivity index (χ0) is 22.2. The molecule has 0 bridgehead atoms. The van der Waals surface area contributed by atoms with Gasteiger partial charge in [0.05, 0.1) is 24.5 Å². The number of halogens is 2. The van der Waals surface area contributed by atoms with Gasteiger partial charge in [-0.3, -0.25) is 0 Å². The van der Waals surface area contributed by atoms with Gasteiger partial charge in [-0.05, 0) is 33.1 Å². The second-order valence-corrected chi connectivity index (χ2v) is 8.70. The number of piperidine rings is 1. The van der Waals surface area contributed by atoms with Crippen molar-refractivity contribution in [3.05, 3.63) is 23.3 Å². The fourth-order valence-corrected chi connectivity index (χ4v) is 3.46. The fourth-order valence-electron chi connectivity index (χ4n) is 3.46. The van der Waals surface area contributed by atoms with E-state index in [1.807, 2.05) is 19.9 Å². The molecule has 1 N–H and O–H groups in total. The monoisotopic (exact) mass is 420 g/mol. The number of hydrogen-bond acceptors (Lipinski definition) is 6. The van der Waals surface area contributed by atoms with Crippen molar-refractivity contribution in [2.24, 2.45) is 0 Å². The van der Waals surface area contributed by atoms with E-state index < -0.39 is 29.7 Å². The summed E-state index contributed by atoms with van der Waals surface area (Å²) in [6.07, 6.45) is -0.288. The molecule has 2 aromatic rings. The Labute approximate surface area is 173 Å². The van der Waals surface area contributed by atoms with Crippen molar-refractivity contribution >= 4 is 17.6 Å². The molecule has 0 saturated carbocycles. The Hall–Kier alpha value is -2.96. The maximum absolute atomic E-state index is 14.7. The Bertz CT molecular complexity index is 992. The number of aromatic nitrogens is 3. The van der Waals surface area contributed by atoms with Gasteiger partial charge in [-0.15, -0.1) is 5.10 Å². The number of rotatable bonds is 3. The smallest absolute Gasteiger partial charge is 0.410 e. The van der Waals surface area contributed by atoms with Gasteiger partial charge in [0.1, 0.15) is 28.9 Å². The summed E-state index contributed by atoms with van der Waals surface area (Å²) in [4.78, 5) is 17.6. The van der Waals surface area contributed by atoms with E-state index >= 15 is 0 Å². The van der Waals surface area contributed by atoms with Crippen LogP contribution in [0.2, 0.25) is 0 Å². The highest BCUT2D eigenvalue weighted by Gasteiger charge is 2.34. The van der Waals surface area contributed by atoms with E-state index in [0.29, 0.717) is 18.7 Å². The van der Waals surface area contributed by atoms with Crippen LogP contribution in [0.15, 0.2) is 6.20 Å². The molecule has 2 atom stereocenters. The van der Waals surface area contributed by atoms with Crippen LogP contribution < -0.4 is 5.32 Å². The maximum Gasteiger partial charge on any atom is 0.410 e. The topological polar surface area (TPSA) is 95.6 Å². The zero-order valence-corrected chi connectivity index (χ0v) is 17.7. The first-order valence-corrected chi connectivity index (χ1v) is 9.87. The number of amides is 1. The quantitative estimate of drug-likeness (QED) is 0.815. The van der Waals surface area contributed by atoms with Gasteiger partial charge in [-0.1, -0.05) is 13.8 Å². The lowest BCUT2D eigenvalue weighted by Gasteiger charge is -2.35. The number of ether oxygens (including phenoxy) is 1. The number of anilines is 1. The SMILES string of the molecule is CC(C)c1c(C#N)c(F)c2cnc(N[C@@H]3CCN(C(=O)OC(C)(C)C)C[C@H]3F)nn12. The Morgan fingerprint density at radius 1 is 1.43 bits per heavy atom. The van der Waals surface area contributed by atoms with Crippen LogP contribution in [-0.2, 0) is 4.74 Å². The number of carbonyl (C=O) groups excluding carboxylic acids is 1. The molecule has 1 aliphatic rings. The van der Waals surface area contributed by atoms with E-state index in [-0.39, 0.29) is 29.5 Å². The molecule has 0 radical (unpaired) electrons. The molecule has 0 aromatic carbocycles. The summed E-state index contributed by atoms with van der Waals surface area (Å²) in [6, 6.07) is 1.27. The molecule has 30 heavy (non-hydrogen) atoms. The first-order chi connectivity index (χ1) is 14.0. The average Bonchev–Trinajstić information content (AvgIpc) is 2.93. The maximum atomic E-state index is 14.7. The third-order valence-electron chi connectivity index (χ3n) is 4.83. The summed E-state index contributed by atoms with van der Waals surface area (Å²) in [6.45, 7) is 9.15. The van der Waals surface area contributed by atoms with Crippen molar-refractivity contribution in [1.29, 1.82) is 5.26 Å². The molecule has 0 unspecified atom stereocenters. The number of fused-ring (bicyclic) bond motifs is 1. The average molecular weight is 420 g/mol. The highest BCUT2D eigenvalue weighted by molar-refractivity contribution is 5.68. The lowest BCUT2D eigenvalue weighted by Crippen LogP contribution is -2.51. The van der Waals surface area contributed by atoms with Crippen LogP contribution in [-0.4, -0.2) is 56.5 Å². The van der Waals surface area contributed by atoms with Gasteiger partial charge in [-0.2, -0.15) is 5.26 Å². The molecule has 1 saturated heterocycles. The van der Waals surface area contributed by atoms with Crippen molar-refractivity contribution in [2.45, 2.75) is 64.8 Å². The molecule has 0 aliphatic carbocycles. The van der Waals surface area contributed by atoms with Crippen LogP contribution >= 0.6 is 0 Å². The van der Waals surface area contributed by atoms with Crippen molar-refractivity contribution in [3.63, 3.8) is 0 Å². The lowest BCUT2D eigenvalue weighted by molar-refractivity contribution is 0.0125. The minimum Gasteiger partial charge on any atom is -0.444 e. The molecular formula is C20H26F2N6O2. The Balaban J connectivity index is 1.77. The third-order valence-corrected chi connectivity index (χ3v) is 4.83. The van der Waals surface area contributed by atoms with Gasteiger partial charge < -0.3 is 15.0 Å². The zero-order valence-electron chi connectivity index (χ0n) is 17.7. The molecule has 1 fully saturated rings. The van der Waals surface area contributed by atoms with Crippen LogP contribution in [0.5, 0.6) is 0 Å². The minimum atomic E-state index is -1.36. The van der Waals surface area contributed by atoms with E-state index in [1.165, 1.54) is 15.6 Å². The number of nitriles is 1. The van der Waals surface area contributed by atoms with Crippen molar-refractivity contribution < 1.29 is 18.3 Å². The van der Waals surface area contributed by atoms with Crippen LogP contribution in [0.3, 0.4) is 0 Å². The van der Waals surface area contributed by atoms with Crippen molar-refractivity contribution in [1.82, 2.24) is 19.5 Å². The van der Waals surface area contributed by atoms with E-state index in [2.05, 4.69) is 15.4 Å². The molecular weight excluding hydrogens is 394 g/mol. The molecule has 3 heterocycles. The van der Waals surface area contributed by atoms with E-state index in [0.717, 1.165) is 0 Å². The summed E-state index contributed by atoms with van der Waals surface area (Å²) in [5.74, 6) is -0.686. The van der Waals surface area contributed by atoms with Gasteiger partial charge in [0.2, 0.25) is 5.95 Å². The third kappa shape index (κ3) is 4.30. The fraction of sp³-hybridized carbons (Fsp3) is 0.600. The first-order valence-electron chi connectivity index (χ1n) is 9.87. The Kier molecular flexibility index (Phi) is 5.83. The number of likely N-dealkylation sites (tertiary alicyclic amines) is 1. The van der Waals surface area contributed by atoms with E-state index in [1.54, 1.807) is 20.8 Å². The van der Waals surface area contributed by atoms with E-state index in [9.17, 15) is 18.8 Å². The van der Waals surface area contributed by atoms with Gasteiger partial charge >= 0.3 is 6.09 Å². The first kappa shape index (κ1) is 21.7. The van der Waals surface area contributed by atoms with Crippen LogP contribution in [0, 0.1) is 17.1 Å². The van der Waals surface area contributed by atoms with Crippen molar-refractivity contribution in [2.75, 3.05) is 18.4 Å². The summed E-state index contributed by atoms with van der Waals surface area (Å²) < 4.78 is 35.9. The summed E-state index contributed by atoms with van der Waals surface area (Å²) in [5, 5.41) is 16.5. The Morgan fingerprint density at radius 2 is 2.13 bits per heavy atom. The summed E-state index contributed by atoms with van der Waals surface area (Å²) in [5.41, 5.74) is -0.182. The minimum absolute atomic E-state index is 0.0644. The number of nitrogens with zero attached hydrogens (tertiary/aromatic N) is 5. The second-order valence-electron chi connectivity index (χ2n) is 8.70.